The second-order valence-electron chi connectivity index (χ2n) is 8.93. The molecule has 0 bridgehead atoms. The first kappa shape index (κ1) is 22.1. The second-order valence-corrected chi connectivity index (χ2v) is 8.93. The first-order valence-electron chi connectivity index (χ1n) is 11.0. The Bertz CT molecular complexity index is 1140. The van der Waals surface area contributed by atoms with E-state index >= 15 is 0 Å². The maximum atomic E-state index is 13.2. The molecule has 0 unspecified atom stereocenters. The summed E-state index contributed by atoms with van der Waals surface area (Å²) in [5.74, 6) is -1.55. The van der Waals surface area contributed by atoms with Crippen LogP contribution in [-0.4, -0.2) is 50.4 Å². The topological polar surface area (TPSA) is 141 Å². The molecule has 2 aromatic rings. The van der Waals surface area contributed by atoms with E-state index in [0.29, 0.717) is 25.3 Å². The zero-order chi connectivity index (χ0) is 23.0. The lowest BCUT2D eigenvalue weighted by Crippen LogP contribution is -2.34. The lowest BCUT2D eigenvalue weighted by atomic mass is 9.99. The molecule has 2 aromatic heterocycles. The van der Waals surface area contributed by atoms with Crippen molar-refractivity contribution in [2.45, 2.75) is 52.1 Å². The van der Waals surface area contributed by atoms with Gasteiger partial charge in [0.25, 0.3) is 17.4 Å². The summed E-state index contributed by atoms with van der Waals surface area (Å²) >= 11 is 0. The smallest absolute Gasteiger partial charge is 0.291 e. The van der Waals surface area contributed by atoms with Crippen LogP contribution in [0.25, 0.3) is 11.7 Å². The van der Waals surface area contributed by atoms with Gasteiger partial charge in [0.15, 0.2) is 16.9 Å². The third kappa shape index (κ3) is 4.27. The SMILES string of the molecule is CC(C)Cn1c(O)c(C(=O)NC2CC2)c(=O)n2nc(C(N)=O)c(/C=C/C3CCOCC3)c12. The van der Waals surface area contributed by atoms with E-state index in [9.17, 15) is 19.5 Å². The minimum absolute atomic E-state index is 0.00677. The first-order chi connectivity index (χ1) is 15.3. The van der Waals surface area contributed by atoms with Gasteiger partial charge in [-0.3, -0.25) is 19.0 Å². The van der Waals surface area contributed by atoms with Crippen molar-refractivity contribution in [1.82, 2.24) is 19.5 Å². The number of amides is 2. The van der Waals surface area contributed by atoms with Crippen LogP contribution in [0.1, 0.15) is 65.9 Å². The fraction of sp³-hybridized carbons (Fsp3) is 0.545. The van der Waals surface area contributed by atoms with Gasteiger partial charge in [-0.05, 0) is 37.5 Å². The minimum Gasteiger partial charge on any atom is -0.494 e. The number of ether oxygens (including phenoxy) is 1. The van der Waals surface area contributed by atoms with E-state index < -0.39 is 23.3 Å². The van der Waals surface area contributed by atoms with E-state index in [1.54, 1.807) is 6.08 Å². The van der Waals surface area contributed by atoms with Crippen LogP contribution in [0, 0.1) is 11.8 Å². The first-order valence-corrected chi connectivity index (χ1v) is 11.0. The molecule has 1 saturated carbocycles. The van der Waals surface area contributed by atoms with E-state index in [1.807, 2.05) is 19.9 Å². The summed E-state index contributed by atoms with van der Waals surface area (Å²) in [7, 11) is 0. The highest BCUT2D eigenvalue weighted by molar-refractivity contribution is 5.99. The average molecular weight is 444 g/mol. The summed E-state index contributed by atoms with van der Waals surface area (Å²) in [6.07, 6.45) is 7.06. The number of hydrogen-bond donors (Lipinski definition) is 3. The van der Waals surface area contributed by atoms with Gasteiger partial charge in [-0.1, -0.05) is 26.0 Å². The number of nitrogens with two attached hydrogens (primary N) is 1. The van der Waals surface area contributed by atoms with Crippen molar-refractivity contribution in [3.05, 3.63) is 33.3 Å². The highest BCUT2D eigenvalue weighted by Crippen LogP contribution is 2.27. The molecule has 0 atom stereocenters. The Balaban J connectivity index is 1.92. The molecule has 0 spiro atoms. The molecule has 0 radical (unpaired) electrons. The number of rotatable bonds is 7. The number of nitrogens with one attached hydrogen (secondary N) is 1. The van der Waals surface area contributed by atoms with Crippen LogP contribution in [0.2, 0.25) is 0 Å². The van der Waals surface area contributed by atoms with Crippen molar-refractivity contribution in [2.24, 2.45) is 17.6 Å². The minimum atomic E-state index is -0.792. The van der Waals surface area contributed by atoms with Gasteiger partial charge in [-0.25, -0.2) is 0 Å². The largest absolute Gasteiger partial charge is 0.494 e. The van der Waals surface area contributed by atoms with Gasteiger partial charge < -0.3 is 20.9 Å². The molecule has 172 valence electrons. The number of carbonyl (C=O) groups is 2. The second kappa shape index (κ2) is 8.78. The molecule has 3 heterocycles. The predicted molar refractivity (Wildman–Crippen MR) is 118 cm³/mol. The van der Waals surface area contributed by atoms with Crippen molar-refractivity contribution in [2.75, 3.05) is 13.2 Å². The lowest BCUT2D eigenvalue weighted by molar-refractivity contribution is 0.0787. The van der Waals surface area contributed by atoms with Crippen molar-refractivity contribution in [1.29, 1.82) is 0 Å². The predicted octanol–water partition coefficient (Wildman–Crippen LogP) is 1.29. The van der Waals surface area contributed by atoms with Gasteiger partial charge in [0, 0.05) is 25.8 Å². The summed E-state index contributed by atoms with van der Waals surface area (Å²) in [4.78, 5) is 38.1. The fourth-order valence-corrected chi connectivity index (χ4v) is 3.96. The standard InChI is InChI=1S/C22H29N5O5/c1-12(2)11-26-20-15(6-3-13-7-9-32-10-8-13)17(18(23)28)25-27(20)22(31)16(21(26)30)19(29)24-14-4-5-14/h3,6,12-14,30H,4-5,7-11H2,1-2H3,(H2,23,28)(H,24,29)/b6-3+. The normalized spacial score (nSPS) is 17.5. The maximum Gasteiger partial charge on any atom is 0.291 e. The van der Waals surface area contributed by atoms with Crippen molar-refractivity contribution >= 4 is 23.5 Å². The van der Waals surface area contributed by atoms with E-state index in [-0.39, 0.29) is 34.8 Å². The molecule has 4 N–H and O–H groups in total. The summed E-state index contributed by atoms with van der Waals surface area (Å²) in [5.41, 5.74) is 4.91. The number of allylic oxidation sites excluding steroid dienone is 1. The quantitative estimate of drug-likeness (QED) is 0.589. The van der Waals surface area contributed by atoms with Crippen molar-refractivity contribution in [3.8, 4) is 5.88 Å². The number of nitrogens with zero attached hydrogens (tertiary/aromatic N) is 3. The number of aromatic hydroxyl groups is 1. The van der Waals surface area contributed by atoms with Crippen LogP contribution < -0.4 is 16.6 Å². The van der Waals surface area contributed by atoms with Gasteiger partial charge in [0.1, 0.15) is 0 Å². The Hall–Kier alpha value is -3.14. The number of carbonyl (C=O) groups excluding carboxylic acids is 2. The van der Waals surface area contributed by atoms with Crippen LogP contribution in [0.5, 0.6) is 5.88 Å². The number of aromatic nitrogens is 3. The molecule has 1 aliphatic heterocycles. The Morgan fingerprint density at radius 1 is 1.28 bits per heavy atom. The van der Waals surface area contributed by atoms with Gasteiger partial charge in [0.05, 0.1) is 5.56 Å². The van der Waals surface area contributed by atoms with E-state index in [1.165, 1.54) is 4.57 Å². The van der Waals surface area contributed by atoms with Gasteiger partial charge in [-0.2, -0.15) is 9.61 Å². The molecule has 2 amide bonds. The molecule has 2 fully saturated rings. The molecular formula is C22H29N5O5. The van der Waals surface area contributed by atoms with Crippen LogP contribution >= 0.6 is 0 Å². The molecule has 10 nitrogen and oxygen atoms in total. The Morgan fingerprint density at radius 2 is 1.97 bits per heavy atom. The number of fused-ring (bicyclic) bond motifs is 1. The Kier molecular flexibility index (Phi) is 6.05. The number of primary amides is 1. The highest BCUT2D eigenvalue weighted by atomic mass is 16.5. The van der Waals surface area contributed by atoms with Crippen LogP contribution in [-0.2, 0) is 11.3 Å². The third-order valence-corrected chi connectivity index (χ3v) is 5.76. The third-order valence-electron chi connectivity index (χ3n) is 5.76. The molecule has 0 aromatic carbocycles. The highest BCUT2D eigenvalue weighted by Gasteiger charge is 2.31. The van der Waals surface area contributed by atoms with Crippen LogP contribution in [0.4, 0.5) is 0 Å². The summed E-state index contributed by atoms with van der Waals surface area (Å²) in [6, 6.07) is 0.00677. The van der Waals surface area contributed by atoms with Crippen molar-refractivity contribution < 1.29 is 19.4 Å². The van der Waals surface area contributed by atoms with Gasteiger partial charge in [0.2, 0.25) is 5.88 Å². The molecule has 32 heavy (non-hydrogen) atoms. The Labute approximate surface area is 185 Å². The molecule has 1 aliphatic carbocycles. The lowest BCUT2D eigenvalue weighted by Gasteiger charge is -2.19. The monoisotopic (exact) mass is 443 g/mol. The zero-order valence-electron chi connectivity index (χ0n) is 18.3. The van der Waals surface area contributed by atoms with E-state index in [2.05, 4.69) is 10.4 Å². The maximum absolute atomic E-state index is 13.2. The summed E-state index contributed by atoms with van der Waals surface area (Å²) in [5, 5.41) is 17.9. The van der Waals surface area contributed by atoms with E-state index in [0.717, 1.165) is 30.2 Å². The average Bonchev–Trinajstić information content (AvgIpc) is 3.46. The van der Waals surface area contributed by atoms with E-state index in [4.69, 9.17) is 10.5 Å². The fourth-order valence-electron chi connectivity index (χ4n) is 3.96. The van der Waals surface area contributed by atoms with Crippen LogP contribution in [0.3, 0.4) is 0 Å². The molecular weight excluding hydrogens is 414 g/mol. The number of hydrogen-bond acceptors (Lipinski definition) is 6. The van der Waals surface area contributed by atoms with Gasteiger partial charge in [-0.15, -0.1) is 0 Å². The van der Waals surface area contributed by atoms with Gasteiger partial charge >= 0.3 is 0 Å². The summed E-state index contributed by atoms with van der Waals surface area (Å²) < 4.78 is 7.87. The van der Waals surface area contributed by atoms with Crippen molar-refractivity contribution in [3.63, 3.8) is 0 Å². The molecule has 10 heteroatoms. The summed E-state index contributed by atoms with van der Waals surface area (Å²) in [6.45, 7) is 5.51. The molecule has 2 aliphatic rings. The zero-order valence-corrected chi connectivity index (χ0v) is 18.3. The Morgan fingerprint density at radius 3 is 2.56 bits per heavy atom. The van der Waals surface area contributed by atoms with Crippen LogP contribution in [0.15, 0.2) is 10.9 Å². The molecule has 4 rings (SSSR count). The molecule has 1 saturated heterocycles.